The topological polar surface area (TPSA) is 49.5 Å². The van der Waals surface area contributed by atoms with Crippen molar-refractivity contribution in [3.63, 3.8) is 0 Å². The molecule has 1 rings (SSSR count). The van der Waals surface area contributed by atoms with Crippen LogP contribution in [0, 0.1) is 5.82 Å². The van der Waals surface area contributed by atoms with Gasteiger partial charge >= 0.3 is 0 Å². The number of halogens is 1. The molecule has 1 atom stereocenters. The maximum atomic E-state index is 13.4. The first-order valence-electron chi connectivity index (χ1n) is 4.39. The summed E-state index contributed by atoms with van der Waals surface area (Å²) in [7, 11) is 3.67. The lowest BCUT2D eigenvalue weighted by molar-refractivity contribution is 0.265. The fourth-order valence-electron chi connectivity index (χ4n) is 1.19. The number of hydrogen-bond acceptors (Lipinski definition) is 3. The third-order valence-electron chi connectivity index (χ3n) is 2.10. The van der Waals surface area contributed by atoms with E-state index in [0.29, 0.717) is 5.56 Å². The zero-order valence-corrected chi connectivity index (χ0v) is 8.37. The Morgan fingerprint density at radius 1 is 1.50 bits per heavy atom. The van der Waals surface area contributed by atoms with Crippen LogP contribution in [0.2, 0.25) is 0 Å². The molecular formula is C10H15FN2O. The molecule has 0 heterocycles. The largest absolute Gasteiger partial charge is 0.394 e. The molecule has 0 saturated carbocycles. The minimum atomic E-state index is -0.647. The Balaban J connectivity index is 3.01. The summed E-state index contributed by atoms with van der Waals surface area (Å²) in [6.45, 7) is -0.252. The second-order valence-corrected chi connectivity index (χ2v) is 3.39. The van der Waals surface area contributed by atoms with Gasteiger partial charge in [-0.15, -0.1) is 0 Å². The first-order valence-corrected chi connectivity index (χ1v) is 4.39. The molecular weight excluding hydrogens is 183 g/mol. The van der Waals surface area contributed by atoms with Gasteiger partial charge in [0.15, 0.2) is 0 Å². The monoisotopic (exact) mass is 198 g/mol. The summed E-state index contributed by atoms with van der Waals surface area (Å²) in [5, 5.41) is 8.79. The van der Waals surface area contributed by atoms with Crippen molar-refractivity contribution in [2.75, 3.05) is 25.6 Å². The average Bonchev–Trinajstić information content (AvgIpc) is 2.16. The van der Waals surface area contributed by atoms with E-state index in [-0.39, 0.29) is 12.4 Å². The van der Waals surface area contributed by atoms with Crippen LogP contribution >= 0.6 is 0 Å². The number of rotatable bonds is 3. The van der Waals surface area contributed by atoms with Crippen LogP contribution in [0.3, 0.4) is 0 Å². The lowest BCUT2D eigenvalue weighted by Gasteiger charge is -2.15. The van der Waals surface area contributed by atoms with Crippen LogP contribution in [0.4, 0.5) is 10.1 Å². The number of nitrogens with two attached hydrogens (primary N) is 1. The normalized spacial score (nSPS) is 12.6. The van der Waals surface area contributed by atoms with Gasteiger partial charge < -0.3 is 15.7 Å². The molecule has 0 aliphatic heterocycles. The third kappa shape index (κ3) is 2.21. The molecule has 0 aromatic heterocycles. The fourth-order valence-corrected chi connectivity index (χ4v) is 1.19. The van der Waals surface area contributed by atoms with E-state index in [1.54, 1.807) is 17.0 Å². The van der Waals surface area contributed by atoms with Gasteiger partial charge in [0, 0.05) is 25.3 Å². The summed E-state index contributed by atoms with van der Waals surface area (Å²) in [6.07, 6.45) is 0. The SMILES string of the molecule is CN(C)c1ccc(C(N)CO)c(F)c1. The molecule has 1 aromatic rings. The lowest BCUT2D eigenvalue weighted by Crippen LogP contribution is -2.17. The minimum absolute atomic E-state index is 0.252. The Morgan fingerprint density at radius 2 is 2.14 bits per heavy atom. The van der Waals surface area contributed by atoms with Gasteiger partial charge in [0.25, 0.3) is 0 Å². The highest BCUT2D eigenvalue weighted by atomic mass is 19.1. The van der Waals surface area contributed by atoms with Gasteiger partial charge in [0.05, 0.1) is 12.6 Å². The predicted octanol–water partition coefficient (Wildman–Crippen LogP) is 0.884. The summed E-state index contributed by atoms with van der Waals surface area (Å²) in [5.41, 5.74) is 6.64. The zero-order valence-electron chi connectivity index (χ0n) is 8.37. The molecule has 1 unspecified atom stereocenters. The maximum Gasteiger partial charge on any atom is 0.130 e. The summed E-state index contributed by atoms with van der Waals surface area (Å²) in [4.78, 5) is 1.80. The molecule has 0 bridgehead atoms. The van der Waals surface area contributed by atoms with Crippen molar-refractivity contribution in [3.8, 4) is 0 Å². The maximum absolute atomic E-state index is 13.4. The Morgan fingerprint density at radius 3 is 2.57 bits per heavy atom. The number of aliphatic hydroxyl groups is 1. The van der Waals surface area contributed by atoms with Crippen LogP contribution in [0.5, 0.6) is 0 Å². The van der Waals surface area contributed by atoms with Gasteiger partial charge in [0.2, 0.25) is 0 Å². The molecule has 14 heavy (non-hydrogen) atoms. The van der Waals surface area contributed by atoms with Crippen molar-refractivity contribution in [1.29, 1.82) is 0 Å². The average molecular weight is 198 g/mol. The summed E-state index contributed by atoms with van der Waals surface area (Å²) in [5.74, 6) is -0.377. The molecule has 0 aliphatic carbocycles. The third-order valence-corrected chi connectivity index (χ3v) is 2.10. The molecule has 0 spiro atoms. The van der Waals surface area contributed by atoms with E-state index in [2.05, 4.69) is 0 Å². The molecule has 0 saturated heterocycles. The summed E-state index contributed by atoms with van der Waals surface area (Å²) < 4.78 is 13.4. The Kier molecular flexibility index (Phi) is 3.43. The number of anilines is 1. The lowest BCUT2D eigenvalue weighted by atomic mass is 10.1. The zero-order chi connectivity index (χ0) is 10.7. The highest BCUT2D eigenvalue weighted by Gasteiger charge is 2.11. The fraction of sp³-hybridized carbons (Fsp3) is 0.400. The minimum Gasteiger partial charge on any atom is -0.394 e. The van der Waals surface area contributed by atoms with E-state index in [0.717, 1.165) is 5.69 Å². The van der Waals surface area contributed by atoms with Gasteiger partial charge in [-0.05, 0) is 12.1 Å². The van der Waals surface area contributed by atoms with Crippen molar-refractivity contribution >= 4 is 5.69 Å². The Bertz CT molecular complexity index is 315. The number of aliphatic hydroxyl groups excluding tert-OH is 1. The van der Waals surface area contributed by atoms with Crippen molar-refractivity contribution in [2.24, 2.45) is 5.73 Å². The van der Waals surface area contributed by atoms with Crippen molar-refractivity contribution in [1.82, 2.24) is 0 Å². The van der Waals surface area contributed by atoms with E-state index >= 15 is 0 Å². The van der Waals surface area contributed by atoms with Crippen LogP contribution < -0.4 is 10.6 Å². The second-order valence-electron chi connectivity index (χ2n) is 3.39. The van der Waals surface area contributed by atoms with E-state index in [1.165, 1.54) is 6.07 Å². The first kappa shape index (κ1) is 10.9. The molecule has 0 amide bonds. The van der Waals surface area contributed by atoms with Crippen LogP contribution in [0.1, 0.15) is 11.6 Å². The van der Waals surface area contributed by atoms with E-state index in [4.69, 9.17) is 10.8 Å². The number of nitrogens with zero attached hydrogens (tertiary/aromatic N) is 1. The Hall–Kier alpha value is -1.13. The van der Waals surface area contributed by atoms with Gasteiger partial charge in [-0.25, -0.2) is 4.39 Å². The van der Waals surface area contributed by atoms with Gasteiger partial charge in [-0.1, -0.05) is 6.07 Å². The quantitative estimate of drug-likeness (QED) is 0.758. The second kappa shape index (κ2) is 4.39. The van der Waals surface area contributed by atoms with Crippen LogP contribution in [-0.4, -0.2) is 25.8 Å². The van der Waals surface area contributed by atoms with Crippen molar-refractivity contribution in [3.05, 3.63) is 29.6 Å². The molecule has 0 aliphatic rings. The smallest absolute Gasteiger partial charge is 0.130 e. The molecule has 0 fully saturated rings. The predicted molar refractivity (Wildman–Crippen MR) is 54.7 cm³/mol. The Labute approximate surface area is 83.0 Å². The van der Waals surface area contributed by atoms with Gasteiger partial charge in [-0.3, -0.25) is 0 Å². The molecule has 0 radical (unpaired) electrons. The summed E-state index contributed by atoms with van der Waals surface area (Å²) >= 11 is 0. The highest BCUT2D eigenvalue weighted by Crippen LogP contribution is 2.20. The standard InChI is InChI=1S/C10H15FN2O/c1-13(2)7-3-4-8(9(11)5-7)10(12)6-14/h3-5,10,14H,6,12H2,1-2H3. The van der Waals surface area contributed by atoms with E-state index in [9.17, 15) is 4.39 Å². The molecule has 78 valence electrons. The van der Waals surface area contributed by atoms with Gasteiger partial charge in [-0.2, -0.15) is 0 Å². The van der Waals surface area contributed by atoms with E-state index < -0.39 is 6.04 Å². The molecule has 1 aromatic carbocycles. The van der Waals surface area contributed by atoms with Crippen LogP contribution in [0.25, 0.3) is 0 Å². The van der Waals surface area contributed by atoms with Gasteiger partial charge in [0.1, 0.15) is 5.82 Å². The number of benzene rings is 1. The van der Waals surface area contributed by atoms with Crippen LogP contribution in [0.15, 0.2) is 18.2 Å². The molecule has 4 heteroatoms. The summed E-state index contributed by atoms with van der Waals surface area (Å²) in [6, 6.07) is 4.14. The highest BCUT2D eigenvalue weighted by molar-refractivity contribution is 5.47. The molecule has 3 N–H and O–H groups in total. The van der Waals surface area contributed by atoms with Crippen molar-refractivity contribution < 1.29 is 9.50 Å². The van der Waals surface area contributed by atoms with Crippen LogP contribution in [-0.2, 0) is 0 Å². The number of hydrogen-bond donors (Lipinski definition) is 2. The van der Waals surface area contributed by atoms with Crippen molar-refractivity contribution in [2.45, 2.75) is 6.04 Å². The molecule has 3 nitrogen and oxygen atoms in total. The first-order chi connectivity index (χ1) is 6.56. The van der Waals surface area contributed by atoms with E-state index in [1.807, 2.05) is 14.1 Å².